The van der Waals surface area contributed by atoms with Crippen LogP contribution >= 0.6 is 0 Å². The average molecular weight is 222 g/mol. The molecule has 0 aromatic carbocycles. The van der Waals surface area contributed by atoms with E-state index in [0.717, 1.165) is 6.42 Å². The van der Waals surface area contributed by atoms with Gasteiger partial charge in [-0.05, 0) is 19.4 Å². The molecule has 1 aromatic heterocycles. The number of carbonyl (C=O) groups is 1. The SMILES string of the molecule is CC1OCCC1NC(=O)c1cncc(O)c1. The van der Waals surface area contributed by atoms with Crippen LogP contribution in [0.25, 0.3) is 0 Å². The van der Waals surface area contributed by atoms with E-state index in [0.29, 0.717) is 12.2 Å². The highest BCUT2D eigenvalue weighted by atomic mass is 16.5. The first kappa shape index (κ1) is 10.9. The van der Waals surface area contributed by atoms with E-state index in [-0.39, 0.29) is 23.8 Å². The Morgan fingerprint density at radius 1 is 1.62 bits per heavy atom. The number of hydrogen-bond donors (Lipinski definition) is 2. The van der Waals surface area contributed by atoms with Gasteiger partial charge in [-0.15, -0.1) is 0 Å². The molecule has 0 bridgehead atoms. The van der Waals surface area contributed by atoms with Crippen molar-refractivity contribution in [2.75, 3.05) is 6.61 Å². The number of aromatic nitrogens is 1. The van der Waals surface area contributed by atoms with Crippen molar-refractivity contribution < 1.29 is 14.6 Å². The van der Waals surface area contributed by atoms with E-state index < -0.39 is 0 Å². The number of nitrogens with zero attached hydrogens (tertiary/aromatic N) is 1. The van der Waals surface area contributed by atoms with E-state index >= 15 is 0 Å². The number of pyridine rings is 1. The molecule has 2 rings (SSSR count). The Kier molecular flexibility index (Phi) is 3.05. The van der Waals surface area contributed by atoms with Gasteiger partial charge in [0.25, 0.3) is 5.91 Å². The van der Waals surface area contributed by atoms with E-state index in [1.165, 1.54) is 18.5 Å². The summed E-state index contributed by atoms with van der Waals surface area (Å²) in [7, 11) is 0. The molecule has 2 atom stereocenters. The molecule has 5 nitrogen and oxygen atoms in total. The van der Waals surface area contributed by atoms with Gasteiger partial charge in [0.15, 0.2) is 0 Å². The summed E-state index contributed by atoms with van der Waals surface area (Å²) in [6.45, 7) is 2.60. The smallest absolute Gasteiger partial charge is 0.253 e. The van der Waals surface area contributed by atoms with Gasteiger partial charge in [0, 0.05) is 12.8 Å². The number of ether oxygens (including phenoxy) is 1. The second kappa shape index (κ2) is 4.49. The van der Waals surface area contributed by atoms with Crippen molar-refractivity contribution in [1.82, 2.24) is 10.3 Å². The number of aromatic hydroxyl groups is 1. The van der Waals surface area contributed by atoms with Crippen molar-refractivity contribution in [2.24, 2.45) is 0 Å². The lowest BCUT2D eigenvalue weighted by Crippen LogP contribution is -2.39. The molecule has 2 heterocycles. The second-order valence-electron chi connectivity index (χ2n) is 3.88. The van der Waals surface area contributed by atoms with Crippen molar-refractivity contribution >= 4 is 5.91 Å². The van der Waals surface area contributed by atoms with Gasteiger partial charge in [-0.25, -0.2) is 0 Å². The molecule has 1 fully saturated rings. The minimum atomic E-state index is -0.231. The zero-order valence-corrected chi connectivity index (χ0v) is 9.01. The molecule has 16 heavy (non-hydrogen) atoms. The quantitative estimate of drug-likeness (QED) is 0.772. The highest BCUT2D eigenvalue weighted by Gasteiger charge is 2.26. The summed E-state index contributed by atoms with van der Waals surface area (Å²) in [5, 5.41) is 12.1. The lowest BCUT2D eigenvalue weighted by molar-refractivity contribution is 0.0865. The normalized spacial score (nSPS) is 24.3. The minimum Gasteiger partial charge on any atom is -0.506 e. The number of hydrogen-bond acceptors (Lipinski definition) is 4. The number of amides is 1. The third-order valence-corrected chi connectivity index (χ3v) is 2.68. The summed E-state index contributed by atoms with van der Waals surface area (Å²) in [6.07, 6.45) is 3.57. The first-order valence-corrected chi connectivity index (χ1v) is 5.23. The lowest BCUT2D eigenvalue weighted by Gasteiger charge is -2.15. The van der Waals surface area contributed by atoms with Gasteiger partial charge in [-0.3, -0.25) is 9.78 Å². The van der Waals surface area contributed by atoms with Crippen LogP contribution < -0.4 is 5.32 Å². The van der Waals surface area contributed by atoms with Crippen LogP contribution in [-0.2, 0) is 4.74 Å². The molecule has 1 amide bonds. The van der Waals surface area contributed by atoms with Gasteiger partial charge >= 0.3 is 0 Å². The maximum Gasteiger partial charge on any atom is 0.253 e. The van der Waals surface area contributed by atoms with Crippen LogP contribution in [0, 0.1) is 0 Å². The van der Waals surface area contributed by atoms with Crippen molar-refractivity contribution in [2.45, 2.75) is 25.5 Å². The van der Waals surface area contributed by atoms with Crippen molar-refractivity contribution in [1.29, 1.82) is 0 Å². The predicted molar refractivity (Wildman–Crippen MR) is 57.2 cm³/mol. The second-order valence-corrected chi connectivity index (χ2v) is 3.88. The fourth-order valence-corrected chi connectivity index (χ4v) is 1.72. The standard InChI is InChI=1S/C11H14N2O3/c1-7-10(2-3-16-7)13-11(15)8-4-9(14)6-12-5-8/h4-7,10,14H,2-3H2,1H3,(H,13,15). The van der Waals surface area contributed by atoms with Crippen molar-refractivity contribution in [3.05, 3.63) is 24.0 Å². The van der Waals surface area contributed by atoms with E-state index in [9.17, 15) is 9.90 Å². The van der Waals surface area contributed by atoms with Crippen molar-refractivity contribution in [3.63, 3.8) is 0 Å². The molecule has 0 radical (unpaired) electrons. The van der Waals surface area contributed by atoms with Crippen LogP contribution in [0.5, 0.6) is 5.75 Å². The molecule has 2 N–H and O–H groups in total. The maximum absolute atomic E-state index is 11.8. The van der Waals surface area contributed by atoms with Gasteiger partial charge in [0.1, 0.15) is 5.75 Å². The summed E-state index contributed by atoms with van der Waals surface area (Å²) in [4.78, 5) is 15.5. The van der Waals surface area contributed by atoms with E-state index in [1.807, 2.05) is 6.92 Å². The predicted octanol–water partition coefficient (Wildman–Crippen LogP) is 0.694. The van der Waals surface area contributed by atoms with E-state index in [1.54, 1.807) is 0 Å². The van der Waals surface area contributed by atoms with E-state index in [2.05, 4.69) is 10.3 Å². The molecule has 1 aromatic rings. The van der Waals surface area contributed by atoms with Crippen LogP contribution in [0.3, 0.4) is 0 Å². The van der Waals surface area contributed by atoms with Gasteiger partial charge in [-0.2, -0.15) is 0 Å². The molecule has 86 valence electrons. The molecule has 0 aliphatic carbocycles. The molecule has 0 spiro atoms. The maximum atomic E-state index is 11.8. The Labute approximate surface area is 93.5 Å². The summed E-state index contributed by atoms with van der Waals surface area (Å²) in [5.41, 5.74) is 0.360. The Morgan fingerprint density at radius 3 is 3.06 bits per heavy atom. The molecule has 1 aliphatic rings. The van der Waals surface area contributed by atoms with Crippen LogP contribution in [0.1, 0.15) is 23.7 Å². The zero-order chi connectivity index (χ0) is 11.5. The topological polar surface area (TPSA) is 71.5 Å². The Hall–Kier alpha value is -1.62. The van der Waals surface area contributed by atoms with Crippen LogP contribution in [-0.4, -0.2) is 34.8 Å². The molecule has 5 heteroatoms. The largest absolute Gasteiger partial charge is 0.506 e. The van der Waals surface area contributed by atoms with E-state index in [4.69, 9.17) is 4.74 Å². The summed E-state index contributed by atoms with van der Waals surface area (Å²) >= 11 is 0. The lowest BCUT2D eigenvalue weighted by atomic mass is 10.1. The number of rotatable bonds is 2. The highest BCUT2D eigenvalue weighted by molar-refractivity contribution is 5.94. The summed E-state index contributed by atoms with van der Waals surface area (Å²) in [5.74, 6) is -0.242. The first-order valence-electron chi connectivity index (χ1n) is 5.23. The van der Waals surface area contributed by atoms with Gasteiger partial charge in [-0.1, -0.05) is 0 Å². The molecular formula is C11H14N2O3. The zero-order valence-electron chi connectivity index (χ0n) is 9.01. The average Bonchev–Trinajstić information content (AvgIpc) is 2.64. The molecule has 0 saturated carbocycles. The van der Waals surface area contributed by atoms with Gasteiger partial charge in [0.05, 0.1) is 23.9 Å². The third kappa shape index (κ3) is 2.30. The van der Waals surface area contributed by atoms with Crippen molar-refractivity contribution in [3.8, 4) is 5.75 Å². The van der Waals surface area contributed by atoms with Gasteiger partial charge in [0.2, 0.25) is 0 Å². The number of nitrogens with one attached hydrogen (secondary N) is 1. The third-order valence-electron chi connectivity index (χ3n) is 2.68. The van der Waals surface area contributed by atoms with Crippen LogP contribution in [0.2, 0.25) is 0 Å². The molecule has 1 aliphatic heterocycles. The molecular weight excluding hydrogens is 208 g/mol. The number of carbonyl (C=O) groups excluding carboxylic acids is 1. The monoisotopic (exact) mass is 222 g/mol. The molecule has 2 unspecified atom stereocenters. The first-order chi connectivity index (χ1) is 7.66. The fourth-order valence-electron chi connectivity index (χ4n) is 1.72. The summed E-state index contributed by atoms with van der Waals surface area (Å²) < 4.78 is 5.35. The Balaban J connectivity index is 2.03. The Bertz CT molecular complexity index is 395. The van der Waals surface area contributed by atoms with Crippen LogP contribution in [0.15, 0.2) is 18.5 Å². The van der Waals surface area contributed by atoms with Gasteiger partial charge < -0.3 is 15.2 Å². The minimum absolute atomic E-state index is 0.0108. The fraction of sp³-hybridized carbons (Fsp3) is 0.455. The Morgan fingerprint density at radius 2 is 2.44 bits per heavy atom. The summed E-state index contributed by atoms with van der Waals surface area (Å²) in [6, 6.07) is 1.43. The molecule has 1 saturated heterocycles. The van der Waals surface area contributed by atoms with Crippen LogP contribution in [0.4, 0.5) is 0 Å². The highest BCUT2D eigenvalue weighted by Crippen LogP contribution is 2.14.